The molecule has 1 unspecified atom stereocenters. The smallest absolute Gasteiger partial charge is 0.283 e. The SMILES string of the molecule is CCc1cnc(C(C)Nc2cnn(CCO)c(=O)c2Br)s1. The second kappa shape index (κ2) is 7.15. The fourth-order valence-corrected chi connectivity index (χ4v) is 3.08. The maximum Gasteiger partial charge on any atom is 0.283 e. The predicted molar refractivity (Wildman–Crippen MR) is 86.8 cm³/mol. The van der Waals surface area contributed by atoms with E-state index in [0.29, 0.717) is 10.2 Å². The Balaban J connectivity index is 2.19. The van der Waals surface area contributed by atoms with Gasteiger partial charge in [-0.15, -0.1) is 11.3 Å². The molecule has 0 aliphatic heterocycles. The van der Waals surface area contributed by atoms with Gasteiger partial charge in [0, 0.05) is 11.1 Å². The summed E-state index contributed by atoms with van der Waals surface area (Å²) in [6.07, 6.45) is 4.42. The van der Waals surface area contributed by atoms with Crippen molar-refractivity contribution in [1.29, 1.82) is 0 Å². The van der Waals surface area contributed by atoms with Gasteiger partial charge in [-0.25, -0.2) is 9.67 Å². The number of thiazole rings is 1. The van der Waals surface area contributed by atoms with E-state index in [-0.39, 0.29) is 24.8 Å². The molecule has 2 heterocycles. The number of anilines is 1. The van der Waals surface area contributed by atoms with Gasteiger partial charge in [0.05, 0.1) is 31.1 Å². The molecule has 0 aliphatic carbocycles. The number of nitrogens with zero attached hydrogens (tertiary/aromatic N) is 3. The third kappa shape index (κ3) is 3.69. The van der Waals surface area contributed by atoms with E-state index in [0.717, 1.165) is 11.4 Å². The van der Waals surface area contributed by atoms with Crippen LogP contribution < -0.4 is 10.9 Å². The minimum absolute atomic E-state index is 0.0125. The first-order valence-corrected chi connectivity index (χ1v) is 8.25. The summed E-state index contributed by atoms with van der Waals surface area (Å²) in [7, 11) is 0. The Labute approximate surface area is 135 Å². The van der Waals surface area contributed by atoms with Crippen molar-refractivity contribution in [3.63, 3.8) is 0 Å². The summed E-state index contributed by atoms with van der Waals surface area (Å²) in [5.41, 5.74) is 0.351. The van der Waals surface area contributed by atoms with Crippen molar-refractivity contribution in [2.24, 2.45) is 0 Å². The minimum Gasteiger partial charge on any atom is -0.394 e. The Morgan fingerprint density at radius 3 is 2.90 bits per heavy atom. The van der Waals surface area contributed by atoms with Crippen molar-refractivity contribution in [2.75, 3.05) is 11.9 Å². The summed E-state index contributed by atoms with van der Waals surface area (Å²) >= 11 is 4.94. The first kappa shape index (κ1) is 16.1. The van der Waals surface area contributed by atoms with E-state index in [1.807, 2.05) is 13.1 Å². The molecule has 2 N–H and O–H groups in total. The highest BCUT2D eigenvalue weighted by molar-refractivity contribution is 9.10. The molecule has 21 heavy (non-hydrogen) atoms. The topological polar surface area (TPSA) is 80.0 Å². The van der Waals surface area contributed by atoms with Crippen LogP contribution in [0.15, 0.2) is 21.7 Å². The molecule has 0 aliphatic rings. The standard InChI is InChI=1S/C13H17BrN4O2S/c1-3-9-6-15-12(21-9)8(2)17-10-7-16-18(4-5-19)13(20)11(10)14/h6-8,17,19H,3-5H2,1-2H3. The van der Waals surface area contributed by atoms with Gasteiger partial charge < -0.3 is 10.4 Å². The molecule has 0 amide bonds. The molecule has 8 heteroatoms. The fraction of sp³-hybridized carbons (Fsp3) is 0.462. The molecule has 114 valence electrons. The van der Waals surface area contributed by atoms with E-state index < -0.39 is 0 Å². The van der Waals surface area contributed by atoms with Crippen molar-refractivity contribution in [3.8, 4) is 0 Å². The summed E-state index contributed by atoms with van der Waals surface area (Å²) in [6.45, 7) is 4.14. The number of aromatic nitrogens is 3. The Morgan fingerprint density at radius 1 is 1.52 bits per heavy atom. The zero-order chi connectivity index (χ0) is 15.4. The van der Waals surface area contributed by atoms with Gasteiger partial charge in [-0.2, -0.15) is 5.10 Å². The number of halogens is 1. The molecule has 0 spiro atoms. The molecule has 0 radical (unpaired) electrons. The van der Waals surface area contributed by atoms with E-state index in [1.54, 1.807) is 17.5 Å². The molecule has 1 atom stereocenters. The first-order valence-electron chi connectivity index (χ1n) is 6.64. The highest BCUT2D eigenvalue weighted by Gasteiger charge is 2.14. The predicted octanol–water partition coefficient (Wildman–Crippen LogP) is 2.19. The monoisotopic (exact) mass is 372 g/mol. The van der Waals surface area contributed by atoms with Crippen molar-refractivity contribution in [2.45, 2.75) is 32.9 Å². The van der Waals surface area contributed by atoms with E-state index in [1.165, 1.54) is 9.56 Å². The lowest BCUT2D eigenvalue weighted by atomic mass is 10.3. The molecule has 0 saturated carbocycles. The van der Waals surface area contributed by atoms with Crippen molar-refractivity contribution in [1.82, 2.24) is 14.8 Å². The molecule has 2 aromatic rings. The van der Waals surface area contributed by atoms with Crippen LogP contribution in [-0.4, -0.2) is 26.5 Å². The molecule has 0 aromatic carbocycles. The van der Waals surface area contributed by atoms with Gasteiger partial charge in [0.1, 0.15) is 9.48 Å². The molecule has 6 nitrogen and oxygen atoms in total. The van der Waals surface area contributed by atoms with Crippen LogP contribution in [0.4, 0.5) is 5.69 Å². The summed E-state index contributed by atoms with van der Waals surface area (Å²) in [5, 5.41) is 17.1. The van der Waals surface area contributed by atoms with Gasteiger partial charge in [-0.1, -0.05) is 6.92 Å². The number of aliphatic hydroxyl groups excluding tert-OH is 1. The van der Waals surface area contributed by atoms with Crippen LogP contribution in [0, 0.1) is 0 Å². The lowest BCUT2D eigenvalue weighted by Gasteiger charge is -2.14. The number of aryl methyl sites for hydroxylation is 1. The lowest BCUT2D eigenvalue weighted by molar-refractivity contribution is 0.266. The number of aliphatic hydroxyl groups is 1. The van der Waals surface area contributed by atoms with Crippen LogP contribution in [-0.2, 0) is 13.0 Å². The third-order valence-corrected chi connectivity index (χ3v) is 5.05. The number of nitrogens with one attached hydrogen (secondary N) is 1. The summed E-state index contributed by atoms with van der Waals surface area (Å²) in [5.74, 6) is 0. The number of rotatable bonds is 6. The van der Waals surface area contributed by atoms with Crippen LogP contribution in [0.3, 0.4) is 0 Å². The lowest BCUT2D eigenvalue weighted by Crippen LogP contribution is -2.26. The normalized spacial score (nSPS) is 12.4. The molecular formula is C13H17BrN4O2S. The van der Waals surface area contributed by atoms with Gasteiger partial charge >= 0.3 is 0 Å². The molecule has 0 saturated heterocycles. The maximum atomic E-state index is 12.0. The highest BCUT2D eigenvalue weighted by Crippen LogP contribution is 2.26. The van der Waals surface area contributed by atoms with E-state index in [4.69, 9.17) is 5.11 Å². The third-order valence-electron chi connectivity index (χ3n) is 2.96. The maximum absolute atomic E-state index is 12.0. The second-order valence-corrected chi connectivity index (χ2v) is 6.45. The zero-order valence-electron chi connectivity index (χ0n) is 11.8. The summed E-state index contributed by atoms with van der Waals surface area (Å²) in [6, 6.07) is -0.0125. The average molecular weight is 373 g/mol. The Morgan fingerprint density at radius 2 is 2.29 bits per heavy atom. The van der Waals surface area contributed by atoms with Crippen molar-refractivity contribution >= 4 is 33.0 Å². The summed E-state index contributed by atoms with van der Waals surface area (Å²) in [4.78, 5) is 17.7. The Bertz CT molecular complexity index is 670. The highest BCUT2D eigenvalue weighted by atomic mass is 79.9. The van der Waals surface area contributed by atoms with Crippen LogP contribution >= 0.6 is 27.3 Å². The van der Waals surface area contributed by atoms with Gasteiger partial charge in [0.15, 0.2) is 0 Å². The fourth-order valence-electron chi connectivity index (χ4n) is 1.80. The average Bonchev–Trinajstić information content (AvgIpc) is 2.96. The van der Waals surface area contributed by atoms with Gasteiger partial charge in [-0.3, -0.25) is 4.79 Å². The van der Waals surface area contributed by atoms with Gasteiger partial charge in [0.25, 0.3) is 5.56 Å². The van der Waals surface area contributed by atoms with Crippen LogP contribution in [0.25, 0.3) is 0 Å². The minimum atomic E-state index is -0.269. The van der Waals surface area contributed by atoms with Crippen LogP contribution in [0.5, 0.6) is 0 Å². The van der Waals surface area contributed by atoms with E-state index in [9.17, 15) is 4.79 Å². The number of hydrogen-bond donors (Lipinski definition) is 2. The number of hydrogen-bond acceptors (Lipinski definition) is 6. The Kier molecular flexibility index (Phi) is 5.49. The Hall–Kier alpha value is -1.25. The molecular weight excluding hydrogens is 356 g/mol. The van der Waals surface area contributed by atoms with E-state index >= 15 is 0 Å². The largest absolute Gasteiger partial charge is 0.394 e. The first-order chi connectivity index (χ1) is 10.1. The molecule has 2 rings (SSSR count). The van der Waals surface area contributed by atoms with Crippen molar-refractivity contribution in [3.05, 3.63) is 37.1 Å². The second-order valence-electron chi connectivity index (χ2n) is 4.51. The van der Waals surface area contributed by atoms with Crippen LogP contribution in [0.2, 0.25) is 0 Å². The van der Waals surface area contributed by atoms with Gasteiger partial charge in [0.2, 0.25) is 0 Å². The zero-order valence-corrected chi connectivity index (χ0v) is 14.2. The van der Waals surface area contributed by atoms with Crippen LogP contribution in [0.1, 0.15) is 29.8 Å². The van der Waals surface area contributed by atoms with E-state index in [2.05, 4.69) is 38.3 Å². The molecule has 0 fully saturated rings. The van der Waals surface area contributed by atoms with Gasteiger partial charge in [-0.05, 0) is 29.3 Å². The summed E-state index contributed by atoms with van der Waals surface area (Å²) < 4.78 is 1.63. The molecule has 0 bridgehead atoms. The molecule has 2 aromatic heterocycles. The van der Waals surface area contributed by atoms with Crippen molar-refractivity contribution < 1.29 is 5.11 Å². The quantitative estimate of drug-likeness (QED) is 0.812.